The van der Waals surface area contributed by atoms with E-state index in [0.717, 1.165) is 25.7 Å². The van der Waals surface area contributed by atoms with Gasteiger partial charge in [0, 0.05) is 16.6 Å². The van der Waals surface area contributed by atoms with Crippen LogP contribution >= 0.6 is 11.8 Å². The van der Waals surface area contributed by atoms with E-state index in [1.54, 1.807) is 11.8 Å². The molecule has 2 rings (SSSR count). The van der Waals surface area contributed by atoms with Crippen molar-refractivity contribution in [2.75, 3.05) is 0 Å². The molecule has 5 N–H and O–H groups in total. The summed E-state index contributed by atoms with van der Waals surface area (Å²) in [6.07, 6.45) is 5.55. The van der Waals surface area contributed by atoms with E-state index in [9.17, 15) is 0 Å². The molecule has 0 aromatic heterocycles. The molecule has 0 spiro atoms. The van der Waals surface area contributed by atoms with Gasteiger partial charge in [-0.2, -0.15) is 0 Å². The number of thioether (sulfide) groups is 1. The molecule has 1 aliphatic carbocycles. The molecular formula is C10H19N3S. The molecule has 1 heterocycles. The van der Waals surface area contributed by atoms with Gasteiger partial charge in [0.25, 0.3) is 0 Å². The lowest BCUT2D eigenvalue weighted by Gasteiger charge is -2.26. The molecule has 4 heteroatoms. The molecule has 3 nitrogen and oxygen atoms in total. The maximum atomic E-state index is 6.25. The summed E-state index contributed by atoms with van der Waals surface area (Å²) in [6.45, 7) is 2.16. The van der Waals surface area contributed by atoms with Gasteiger partial charge in [0.2, 0.25) is 0 Å². The van der Waals surface area contributed by atoms with E-state index in [4.69, 9.17) is 11.5 Å². The molecule has 2 aliphatic rings. The van der Waals surface area contributed by atoms with Gasteiger partial charge in [-0.05, 0) is 25.7 Å². The van der Waals surface area contributed by atoms with Crippen molar-refractivity contribution >= 4 is 11.8 Å². The van der Waals surface area contributed by atoms with Crippen LogP contribution in [0.1, 0.15) is 39.0 Å². The number of nitrogens with one attached hydrogen (secondary N) is 1. The molecule has 0 aromatic carbocycles. The molecule has 0 saturated carbocycles. The molecule has 0 fully saturated rings. The minimum absolute atomic E-state index is 0.188. The number of hydrogen-bond donors (Lipinski definition) is 3. The minimum Gasteiger partial charge on any atom is -0.360 e. The van der Waals surface area contributed by atoms with Crippen LogP contribution in [-0.4, -0.2) is 11.0 Å². The summed E-state index contributed by atoms with van der Waals surface area (Å²) in [6, 6.07) is 0.188. The van der Waals surface area contributed by atoms with Gasteiger partial charge in [-0.25, -0.2) is 0 Å². The standard InChI is InChI=1S/C10H19N3S/c1-2-6-10(12)13-9-7(11)4-3-5-8(9)14-10/h7,13H,2-6,11-12H2,1H3/t7?,10-/m1/s1. The molecular weight excluding hydrogens is 194 g/mol. The summed E-state index contributed by atoms with van der Waals surface area (Å²) >= 11 is 1.79. The average molecular weight is 213 g/mol. The van der Waals surface area contributed by atoms with Gasteiger partial charge in [0.05, 0.1) is 0 Å². The van der Waals surface area contributed by atoms with Gasteiger partial charge in [0.15, 0.2) is 0 Å². The minimum atomic E-state index is -0.276. The van der Waals surface area contributed by atoms with E-state index < -0.39 is 0 Å². The quantitative estimate of drug-likeness (QED) is 0.650. The van der Waals surface area contributed by atoms with Crippen molar-refractivity contribution in [3.63, 3.8) is 0 Å². The Morgan fingerprint density at radius 3 is 3.07 bits per heavy atom. The zero-order chi connectivity index (χ0) is 10.2. The van der Waals surface area contributed by atoms with Gasteiger partial charge in [-0.1, -0.05) is 25.1 Å². The summed E-state index contributed by atoms with van der Waals surface area (Å²) in [5.41, 5.74) is 13.5. The van der Waals surface area contributed by atoms with E-state index in [-0.39, 0.29) is 11.0 Å². The molecule has 1 aliphatic heterocycles. The van der Waals surface area contributed by atoms with Crippen molar-refractivity contribution in [1.82, 2.24) is 5.32 Å². The zero-order valence-electron chi connectivity index (χ0n) is 8.68. The highest BCUT2D eigenvalue weighted by Crippen LogP contribution is 2.43. The fourth-order valence-electron chi connectivity index (χ4n) is 2.19. The maximum Gasteiger partial charge on any atom is 0.138 e. The van der Waals surface area contributed by atoms with Crippen molar-refractivity contribution in [2.45, 2.75) is 50.1 Å². The van der Waals surface area contributed by atoms with E-state index in [1.165, 1.54) is 17.0 Å². The van der Waals surface area contributed by atoms with Crippen LogP contribution in [0.4, 0.5) is 0 Å². The Kier molecular flexibility index (Phi) is 2.77. The fourth-order valence-corrected chi connectivity index (χ4v) is 3.66. The van der Waals surface area contributed by atoms with E-state index in [2.05, 4.69) is 12.2 Å². The summed E-state index contributed by atoms with van der Waals surface area (Å²) in [5, 5.41) is 3.42. The number of hydrogen-bond acceptors (Lipinski definition) is 4. The van der Waals surface area contributed by atoms with Gasteiger partial charge >= 0.3 is 0 Å². The Labute approximate surface area is 89.7 Å². The van der Waals surface area contributed by atoms with Crippen LogP contribution in [0.25, 0.3) is 0 Å². The first-order valence-corrected chi connectivity index (χ1v) is 6.21. The SMILES string of the molecule is CCC[C@@]1(N)NC2=C(CCCC2N)S1. The largest absolute Gasteiger partial charge is 0.360 e. The third kappa shape index (κ3) is 1.78. The highest BCUT2D eigenvalue weighted by Gasteiger charge is 2.38. The van der Waals surface area contributed by atoms with Crippen LogP contribution in [0.2, 0.25) is 0 Å². The van der Waals surface area contributed by atoms with Crippen molar-refractivity contribution < 1.29 is 0 Å². The third-order valence-electron chi connectivity index (χ3n) is 2.86. The summed E-state index contributed by atoms with van der Waals surface area (Å²) < 4.78 is 0. The van der Waals surface area contributed by atoms with Crippen LogP contribution < -0.4 is 16.8 Å². The smallest absolute Gasteiger partial charge is 0.138 e. The molecule has 80 valence electrons. The van der Waals surface area contributed by atoms with Crippen molar-refractivity contribution in [3.8, 4) is 0 Å². The summed E-state index contributed by atoms with van der Waals surface area (Å²) in [5.74, 6) is 0. The normalized spacial score (nSPS) is 36.9. The second kappa shape index (κ2) is 3.76. The van der Waals surface area contributed by atoms with Gasteiger partial charge < -0.3 is 11.1 Å². The van der Waals surface area contributed by atoms with Crippen LogP contribution in [-0.2, 0) is 0 Å². The molecule has 0 saturated heterocycles. The average Bonchev–Trinajstić information content (AvgIpc) is 2.44. The molecule has 2 atom stereocenters. The molecule has 0 amide bonds. The van der Waals surface area contributed by atoms with E-state index >= 15 is 0 Å². The lowest BCUT2D eigenvalue weighted by molar-refractivity contribution is 0.464. The Morgan fingerprint density at radius 2 is 2.43 bits per heavy atom. The molecule has 1 unspecified atom stereocenters. The van der Waals surface area contributed by atoms with Crippen LogP contribution in [0.3, 0.4) is 0 Å². The van der Waals surface area contributed by atoms with Gasteiger partial charge in [-0.3, -0.25) is 5.73 Å². The number of allylic oxidation sites excluding steroid dienone is 1. The zero-order valence-corrected chi connectivity index (χ0v) is 9.49. The van der Waals surface area contributed by atoms with Crippen LogP contribution in [0.15, 0.2) is 10.6 Å². The molecule has 0 bridgehead atoms. The van der Waals surface area contributed by atoms with Gasteiger partial charge in [-0.15, -0.1) is 0 Å². The lowest BCUT2D eigenvalue weighted by Crippen LogP contribution is -2.49. The Balaban J connectivity index is 2.10. The van der Waals surface area contributed by atoms with Gasteiger partial charge in [0.1, 0.15) is 4.99 Å². The first-order valence-electron chi connectivity index (χ1n) is 5.39. The maximum absolute atomic E-state index is 6.25. The predicted octanol–water partition coefficient (Wildman–Crippen LogP) is 1.46. The molecule has 0 aromatic rings. The Bertz CT molecular complexity index is 264. The predicted molar refractivity (Wildman–Crippen MR) is 61.4 cm³/mol. The summed E-state index contributed by atoms with van der Waals surface area (Å²) in [4.78, 5) is 1.13. The monoisotopic (exact) mass is 213 g/mol. The molecule has 0 radical (unpaired) electrons. The first kappa shape index (κ1) is 10.3. The van der Waals surface area contributed by atoms with Crippen molar-refractivity contribution in [3.05, 3.63) is 10.6 Å². The van der Waals surface area contributed by atoms with Crippen molar-refractivity contribution in [1.29, 1.82) is 0 Å². The summed E-state index contributed by atoms with van der Waals surface area (Å²) in [7, 11) is 0. The van der Waals surface area contributed by atoms with Crippen molar-refractivity contribution in [2.24, 2.45) is 11.5 Å². The van der Waals surface area contributed by atoms with E-state index in [1.807, 2.05) is 0 Å². The highest BCUT2D eigenvalue weighted by molar-refractivity contribution is 8.04. The first-order chi connectivity index (χ1) is 6.64. The Hall–Kier alpha value is -0.190. The lowest BCUT2D eigenvalue weighted by atomic mass is 9.99. The molecule has 14 heavy (non-hydrogen) atoms. The topological polar surface area (TPSA) is 64.1 Å². The van der Waals surface area contributed by atoms with Crippen LogP contribution in [0.5, 0.6) is 0 Å². The number of nitrogens with two attached hydrogens (primary N) is 2. The highest BCUT2D eigenvalue weighted by atomic mass is 32.2. The van der Waals surface area contributed by atoms with Crippen LogP contribution in [0, 0.1) is 0 Å². The second-order valence-electron chi connectivity index (χ2n) is 4.20. The number of rotatable bonds is 2. The van der Waals surface area contributed by atoms with E-state index in [0.29, 0.717) is 0 Å². The fraction of sp³-hybridized carbons (Fsp3) is 0.800. The second-order valence-corrected chi connectivity index (χ2v) is 5.63. The third-order valence-corrected chi connectivity index (χ3v) is 4.20. The Morgan fingerprint density at radius 1 is 1.64 bits per heavy atom.